The highest BCUT2D eigenvalue weighted by atomic mass is 19.1. The molecule has 1 N–H and O–H groups in total. The number of imidazole rings is 1. The van der Waals surface area contributed by atoms with Gasteiger partial charge in [0.1, 0.15) is 17.5 Å². The maximum atomic E-state index is 13.6. The van der Waals surface area contributed by atoms with Crippen LogP contribution < -0.4 is 0 Å². The molecule has 1 saturated heterocycles. The van der Waals surface area contributed by atoms with Gasteiger partial charge in [-0.3, -0.25) is 9.78 Å². The maximum absolute atomic E-state index is 13.6. The second kappa shape index (κ2) is 9.18. The van der Waals surface area contributed by atoms with Crippen LogP contribution in [0, 0.1) is 17.6 Å². The van der Waals surface area contributed by atoms with E-state index in [-0.39, 0.29) is 18.4 Å². The fourth-order valence-corrected chi connectivity index (χ4v) is 3.40. The summed E-state index contributed by atoms with van der Waals surface area (Å²) in [5.74, 6) is -0.413. The first-order valence-electron chi connectivity index (χ1n) is 8.66. The third-order valence-corrected chi connectivity index (χ3v) is 4.56. The Morgan fingerprint density at radius 1 is 1.14 bits per heavy atom. The lowest BCUT2D eigenvalue weighted by Gasteiger charge is -2.21. The highest BCUT2D eigenvalue weighted by molar-refractivity contribution is 5.56. The van der Waals surface area contributed by atoms with Crippen molar-refractivity contribution in [2.24, 2.45) is 5.92 Å². The van der Waals surface area contributed by atoms with Crippen LogP contribution in [0.1, 0.15) is 11.6 Å². The fourth-order valence-electron chi connectivity index (χ4n) is 3.40. The predicted molar refractivity (Wildman–Crippen MR) is 97.6 cm³/mol. The molecule has 1 aliphatic rings. The average Bonchev–Trinajstić information content (AvgIpc) is 3.31. The first-order chi connectivity index (χ1) is 13.6. The van der Waals surface area contributed by atoms with E-state index in [0.717, 1.165) is 12.5 Å². The average molecular weight is 387 g/mol. The Morgan fingerprint density at radius 3 is 2.50 bits per heavy atom. The van der Waals surface area contributed by atoms with E-state index in [9.17, 15) is 8.78 Å². The molecule has 6 nitrogen and oxygen atoms in total. The minimum atomic E-state index is -0.611. The number of pyridine rings is 1. The molecule has 0 aliphatic carbocycles. The third-order valence-electron chi connectivity index (χ3n) is 4.56. The van der Waals surface area contributed by atoms with Crippen LogP contribution in [0.3, 0.4) is 0 Å². The van der Waals surface area contributed by atoms with E-state index in [1.165, 1.54) is 17.7 Å². The van der Waals surface area contributed by atoms with Crippen molar-refractivity contribution in [2.75, 3.05) is 13.2 Å². The standard InChI is InChI=1S/C19H17F2N3O.CH2O2/c20-16-8-14(9-17(21)10-16)19-23-5-6-24(19)18-12-25-11-15(18)7-13-1-3-22-4-2-13;2-1-3/h1-6,8-10,15,18H,7,11-12H2;1H,(H,2,3)/t15-,18-;/m1./s1. The summed E-state index contributed by atoms with van der Waals surface area (Å²) in [4.78, 5) is 16.7. The second-order valence-electron chi connectivity index (χ2n) is 6.35. The molecule has 146 valence electrons. The van der Waals surface area contributed by atoms with Gasteiger partial charge in [-0.25, -0.2) is 13.8 Å². The quantitative estimate of drug-likeness (QED) is 0.695. The van der Waals surface area contributed by atoms with Gasteiger partial charge < -0.3 is 14.4 Å². The monoisotopic (exact) mass is 387 g/mol. The summed E-state index contributed by atoms with van der Waals surface area (Å²) < 4.78 is 34.8. The number of aromatic nitrogens is 3. The highest BCUT2D eigenvalue weighted by Gasteiger charge is 2.31. The van der Waals surface area contributed by atoms with Gasteiger partial charge in [-0.05, 0) is 36.2 Å². The van der Waals surface area contributed by atoms with E-state index in [2.05, 4.69) is 9.97 Å². The van der Waals surface area contributed by atoms with Crippen molar-refractivity contribution >= 4 is 6.47 Å². The Balaban J connectivity index is 0.000000706. The molecule has 1 fully saturated rings. The van der Waals surface area contributed by atoms with Crippen molar-refractivity contribution in [3.05, 3.63) is 72.3 Å². The molecule has 2 aromatic heterocycles. The molecular formula is C20H19F2N3O3. The minimum absolute atomic E-state index is 0.0667. The molecule has 3 heterocycles. The molecule has 0 unspecified atom stereocenters. The normalized spacial score (nSPS) is 18.4. The van der Waals surface area contributed by atoms with Gasteiger partial charge in [-0.15, -0.1) is 0 Å². The first kappa shape index (κ1) is 19.6. The molecule has 1 aliphatic heterocycles. The Morgan fingerprint density at radius 2 is 1.82 bits per heavy atom. The molecule has 8 heteroatoms. The second-order valence-corrected chi connectivity index (χ2v) is 6.35. The number of hydrogen-bond donors (Lipinski definition) is 1. The Labute approximate surface area is 160 Å². The van der Waals surface area contributed by atoms with Crippen molar-refractivity contribution in [1.82, 2.24) is 14.5 Å². The zero-order valence-electron chi connectivity index (χ0n) is 14.9. The fraction of sp³-hybridized carbons (Fsp3) is 0.250. The van der Waals surface area contributed by atoms with Gasteiger partial charge in [0.05, 0.1) is 19.3 Å². The molecule has 0 spiro atoms. The van der Waals surface area contributed by atoms with Gasteiger partial charge >= 0.3 is 0 Å². The van der Waals surface area contributed by atoms with Gasteiger partial charge in [0.15, 0.2) is 0 Å². The van der Waals surface area contributed by atoms with Gasteiger partial charge in [0, 0.05) is 42.3 Å². The number of halogens is 2. The van der Waals surface area contributed by atoms with E-state index in [1.54, 1.807) is 18.6 Å². The van der Waals surface area contributed by atoms with Gasteiger partial charge in [0.2, 0.25) is 0 Å². The van der Waals surface area contributed by atoms with Crippen LogP contribution in [0.4, 0.5) is 8.78 Å². The van der Waals surface area contributed by atoms with Crippen molar-refractivity contribution in [3.63, 3.8) is 0 Å². The Bertz CT molecular complexity index is 898. The lowest BCUT2D eigenvalue weighted by atomic mass is 9.95. The number of carboxylic acid groups (broad SMARTS) is 1. The summed E-state index contributed by atoms with van der Waals surface area (Å²) in [6.07, 6.45) is 7.90. The van der Waals surface area contributed by atoms with Crippen LogP contribution in [-0.2, 0) is 16.0 Å². The van der Waals surface area contributed by atoms with Crippen LogP contribution >= 0.6 is 0 Å². The SMILES string of the molecule is Fc1cc(F)cc(-c2nccn2[C@@H]2COC[C@H]2Cc2ccncc2)c1.O=CO. The maximum Gasteiger partial charge on any atom is 0.290 e. The van der Waals surface area contributed by atoms with Crippen LogP contribution in [0.5, 0.6) is 0 Å². The number of benzene rings is 1. The van der Waals surface area contributed by atoms with Gasteiger partial charge in [-0.1, -0.05) is 0 Å². The Kier molecular flexibility index (Phi) is 6.44. The largest absolute Gasteiger partial charge is 0.483 e. The summed E-state index contributed by atoms with van der Waals surface area (Å²) in [7, 11) is 0. The van der Waals surface area contributed by atoms with Gasteiger partial charge in [0.25, 0.3) is 6.47 Å². The molecular weight excluding hydrogens is 368 g/mol. The molecule has 0 saturated carbocycles. The number of carbonyl (C=O) groups is 1. The number of hydrogen-bond acceptors (Lipinski definition) is 4. The molecule has 0 amide bonds. The van der Waals surface area contributed by atoms with E-state index in [4.69, 9.17) is 14.6 Å². The van der Waals surface area contributed by atoms with Crippen LogP contribution in [0.15, 0.2) is 55.1 Å². The predicted octanol–water partition coefficient (Wildman–Crippen LogP) is 3.35. The van der Waals surface area contributed by atoms with E-state index in [0.29, 0.717) is 24.6 Å². The summed E-state index contributed by atoms with van der Waals surface area (Å²) >= 11 is 0. The summed E-state index contributed by atoms with van der Waals surface area (Å²) in [6, 6.07) is 7.52. The van der Waals surface area contributed by atoms with Crippen LogP contribution in [0.2, 0.25) is 0 Å². The van der Waals surface area contributed by atoms with E-state index < -0.39 is 11.6 Å². The summed E-state index contributed by atoms with van der Waals surface area (Å²) in [5, 5.41) is 6.89. The summed E-state index contributed by atoms with van der Waals surface area (Å²) in [6.45, 7) is 0.943. The van der Waals surface area contributed by atoms with Crippen LogP contribution in [-0.4, -0.2) is 39.3 Å². The molecule has 2 atom stereocenters. The molecule has 4 rings (SSSR count). The topological polar surface area (TPSA) is 77.2 Å². The van der Waals surface area contributed by atoms with Gasteiger partial charge in [-0.2, -0.15) is 0 Å². The van der Waals surface area contributed by atoms with Crippen molar-refractivity contribution in [2.45, 2.75) is 12.5 Å². The molecule has 0 bridgehead atoms. The Hall–Kier alpha value is -3.13. The number of nitrogens with zero attached hydrogens (tertiary/aromatic N) is 3. The molecule has 3 aromatic rings. The van der Waals surface area contributed by atoms with E-state index in [1.807, 2.05) is 22.9 Å². The molecule has 28 heavy (non-hydrogen) atoms. The number of rotatable bonds is 4. The zero-order valence-corrected chi connectivity index (χ0v) is 14.9. The zero-order chi connectivity index (χ0) is 19.9. The van der Waals surface area contributed by atoms with Crippen molar-refractivity contribution in [3.8, 4) is 11.4 Å². The van der Waals surface area contributed by atoms with Crippen molar-refractivity contribution in [1.29, 1.82) is 0 Å². The lowest BCUT2D eigenvalue weighted by molar-refractivity contribution is -0.122. The lowest BCUT2D eigenvalue weighted by Crippen LogP contribution is -2.20. The molecule has 0 radical (unpaired) electrons. The molecule has 1 aromatic carbocycles. The van der Waals surface area contributed by atoms with Crippen LogP contribution in [0.25, 0.3) is 11.4 Å². The first-order valence-corrected chi connectivity index (χ1v) is 8.66. The summed E-state index contributed by atoms with van der Waals surface area (Å²) in [5.41, 5.74) is 1.62. The van der Waals surface area contributed by atoms with E-state index >= 15 is 0 Å². The smallest absolute Gasteiger partial charge is 0.290 e. The third kappa shape index (κ3) is 4.58. The minimum Gasteiger partial charge on any atom is -0.483 e. The highest BCUT2D eigenvalue weighted by Crippen LogP contribution is 2.32. The van der Waals surface area contributed by atoms with Crippen molar-refractivity contribution < 1.29 is 23.4 Å². The number of ether oxygens (including phenoxy) is 1.